The molecule has 0 saturated carbocycles. The second-order valence-electron chi connectivity index (χ2n) is 6.80. The zero-order chi connectivity index (χ0) is 21.4. The Morgan fingerprint density at radius 3 is 2.53 bits per heavy atom. The highest BCUT2D eigenvalue weighted by atomic mass is 35.5. The lowest BCUT2D eigenvalue weighted by Crippen LogP contribution is -2.01. The molecule has 0 unspecified atom stereocenters. The second-order valence-corrected chi connectivity index (χ2v) is 7.24. The molecule has 152 valence electrons. The highest BCUT2D eigenvalue weighted by Gasteiger charge is 2.16. The lowest BCUT2D eigenvalue weighted by molar-refractivity contribution is 0.400. The molecule has 3 aromatic carbocycles. The van der Waals surface area contributed by atoms with E-state index in [-0.39, 0.29) is 34.0 Å². The average molecular weight is 425 g/mol. The molecule has 1 heterocycles. The summed E-state index contributed by atoms with van der Waals surface area (Å²) in [6.07, 6.45) is 0.306. The van der Waals surface area contributed by atoms with E-state index in [1.165, 1.54) is 31.4 Å². The van der Waals surface area contributed by atoms with Crippen molar-refractivity contribution in [3.05, 3.63) is 81.0 Å². The fourth-order valence-electron chi connectivity index (χ4n) is 3.33. The van der Waals surface area contributed by atoms with Crippen molar-refractivity contribution in [2.24, 2.45) is 0 Å². The Labute approximate surface area is 176 Å². The molecule has 4 aromatic rings. The van der Waals surface area contributed by atoms with Crippen LogP contribution in [0.25, 0.3) is 22.3 Å². The van der Waals surface area contributed by atoms with Gasteiger partial charge in [0.25, 0.3) is 0 Å². The molecule has 3 N–H and O–H groups in total. The van der Waals surface area contributed by atoms with E-state index in [1.54, 1.807) is 24.3 Å². The third kappa shape index (κ3) is 3.65. The van der Waals surface area contributed by atoms with Crippen molar-refractivity contribution >= 4 is 22.6 Å². The van der Waals surface area contributed by atoms with Crippen LogP contribution in [0.4, 0.5) is 0 Å². The van der Waals surface area contributed by atoms with Gasteiger partial charge in [-0.2, -0.15) is 0 Å². The summed E-state index contributed by atoms with van der Waals surface area (Å²) in [5.74, 6) is -0.361. The molecule has 30 heavy (non-hydrogen) atoms. The SMILES string of the molecule is COc1cc(O)c2c(=O)cc(-c3cc(O)c(O)c(Cc4cccc(Cl)c4)c3)oc2c1. The van der Waals surface area contributed by atoms with Crippen LogP contribution in [0.2, 0.25) is 5.02 Å². The predicted molar refractivity (Wildman–Crippen MR) is 114 cm³/mol. The Kier molecular flexibility index (Phi) is 5.01. The van der Waals surface area contributed by atoms with Crippen LogP contribution in [0, 0.1) is 0 Å². The highest BCUT2D eigenvalue weighted by molar-refractivity contribution is 6.30. The van der Waals surface area contributed by atoms with Gasteiger partial charge in [0.05, 0.1) is 7.11 Å². The predicted octanol–water partition coefficient (Wildman–Crippen LogP) is 4.83. The van der Waals surface area contributed by atoms with E-state index < -0.39 is 5.43 Å². The largest absolute Gasteiger partial charge is 0.507 e. The molecule has 6 nitrogen and oxygen atoms in total. The van der Waals surface area contributed by atoms with Gasteiger partial charge in [-0.05, 0) is 29.8 Å². The summed E-state index contributed by atoms with van der Waals surface area (Å²) in [4.78, 5) is 12.6. The van der Waals surface area contributed by atoms with Gasteiger partial charge < -0.3 is 24.5 Å². The summed E-state index contributed by atoms with van der Waals surface area (Å²) in [6.45, 7) is 0. The van der Waals surface area contributed by atoms with Crippen molar-refractivity contribution in [1.82, 2.24) is 0 Å². The van der Waals surface area contributed by atoms with Crippen molar-refractivity contribution in [1.29, 1.82) is 0 Å². The minimum atomic E-state index is -0.449. The first kappa shape index (κ1) is 19.7. The van der Waals surface area contributed by atoms with Gasteiger partial charge in [-0.15, -0.1) is 0 Å². The smallest absolute Gasteiger partial charge is 0.197 e. The number of phenolic OH excluding ortho intramolecular Hbond substituents is 3. The number of halogens is 1. The van der Waals surface area contributed by atoms with Crippen molar-refractivity contribution < 1.29 is 24.5 Å². The number of rotatable bonds is 4. The Morgan fingerprint density at radius 1 is 1.00 bits per heavy atom. The van der Waals surface area contributed by atoms with Crippen molar-refractivity contribution in [2.75, 3.05) is 7.11 Å². The molecule has 1 aromatic heterocycles. The fourth-order valence-corrected chi connectivity index (χ4v) is 3.54. The zero-order valence-electron chi connectivity index (χ0n) is 15.8. The average Bonchev–Trinajstić information content (AvgIpc) is 2.70. The molecule has 4 rings (SSSR count). The van der Waals surface area contributed by atoms with Crippen LogP contribution in [0.5, 0.6) is 23.0 Å². The molecular formula is C23H17ClO6. The number of phenols is 3. The maximum absolute atomic E-state index is 12.6. The molecule has 0 saturated heterocycles. The maximum atomic E-state index is 12.6. The van der Waals surface area contributed by atoms with Crippen LogP contribution in [0.3, 0.4) is 0 Å². The number of aromatic hydroxyl groups is 3. The number of ether oxygens (including phenoxy) is 1. The van der Waals surface area contributed by atoms with E-state index in [1.807, 2.05) is 6.07 Å². The Morgan fingerprint density at radius 2 is 1.80 bits per heavy atom. The topological polar surface area (TPSA) is 100 Å². The van der Waals surface area contributed by atoms with E-state index in [4.69, 9.17) is 20.8 Å². The Balaban J connectivity index is 1.85. The van der Waals surface area contributed by atoms with E-state index in [0.717, 1.165) is 5.56 Å². The first-order valence-electron chi connectivity index (χ1n) is 9.00. The summed E-state index contributed by atoms with van der Waals surface area (Å²) >= 11 is 6.03. The number of hydrogen-bond donors (Lipinski definition) is 3. The Hall–Kier alpha value is -3.64. The highest BCUT2D eigenvalue weighted by Crippen LogP contribution is 2.37. The molecule has 0 aliphatic heterocycles. The lowest BCUT2D eigenvalue weighted by Gasteiger charge is -2.11. The molecule has 0 radical (unpaired) electrons. The summed E-state index contributed by atoms with van der Waals surface area (Å²) in [7, 11) is 1.43. The fraction of sp³-hybridized carbons (Fsp3) is 0.0870. The van der Waals surface area contributed by atoms with Gasteiger partial charge >= 0.3 is 0 Å². The van der Waals surface area contributed by atoms with Gasteiger partial charge in [0.15, 0.2) is 16.9 Å². The second kappa shape index (κ2) is 7.65. The number of benzene rings is 3. The normalized spacial score (nSPS) is 11.0. The Bertz CT molecular complexity index is 1330. The van der Waals surface area contributed by atoms with E-state index in [2.05, 4.69) is 0 Å². The summed E-state index contributed by atoms with van der Waals surface area (Å²) in [6, 6.07) is 14.1. The van der Waals surface area contributed by atoms with Gasteiger partial charge in [-0.1, -0.05) is 23.7 Å². The molecule has 0 fully saturated rings. The van der Waals surface area contributed by atoms with Crippen LogP contribution in [-0.2, 0) is 6.42 Å². The maximum Gasteiger partial charge on any atom is 0.197 e. The van der Waals surface area contributed by atoms with Crippen LogP contribution in [0.1, 0.15) is 11.1 Å². The molecule has 0 spiro atoms. The van der Waals surface area contributed by atoms with Gasteiger partial charge in [0.2, 0.25) is 0 Å². The van der Waals surface area contributed by atoms with Crippen LogP contribution in [0.15, 0.2) is 63.8 Å². The number of hydrogen-bond acceptors (Lipinski definition) is 6. The lowest BCUT2D eigenvalue weighted by atomic mass is 9.99. The molecular weight excluding hydrogens is 408 g/mol. The van der Waals surface area contributed by atoms with Crippen molar-refractivity contribution in [3.8, 4) is 34.3 Å². The third-order valence-electron chi connectivity index (χ3n) is 4.76. The summed E-state index contributed by atoms with van der Waals surface area (Å²) < 4.78 is 10.9. The molecule has 0 aliphatic carbocycles. The molecule has 0 aliphatic rings. The van der Waals surface area contributed by atoms with E-state index in [0.29, 0.717) is 28.3 Å². The molecule has 7 heteroatoms. The van der Waals surface area contributed by atoms with Crippen LogP contribution < -0.4 is 10.2 Å². The number of methoxy groups -OCH3 is 1. The molecule has 0 amide bonds. The molecule has 0 bridgehead atoms. The summed E-state index contributed by atoms with van der Waals surface area (Å²) in [5.41, 5.74) is 1.35. The van der Waals surface area contributed by atoms with Crippen LogP contribution in [-0.4, -0.2) is 22.4 Å². The van der Waals surface area contributed by atoms with Gasteiger partial charge in [0, 0.05) is 40.8 Å². The molecule has 0 atom stereocenters. The zero-order valence-corrected chi connectivity index (χ0v) is 16.6. The minimum absolute atomic E-state index is 0.0294. The first-order chi connectivity index (χ1) is 14.4. The van der Waals surface area contributed by atoms with Gasteiger partial charge in [-0.3, -0.25) is 4.79 Å². The van der Waals surface area contributed by atoms with Gasteiger partial charge in [0.1, 0.15) is 28.2 Å². The van der Waals surface area contributed by atoms with Crippen molar-refractivity contribution in [2.45, 2.75) is 6.42 Å². The number of fused-ring (bicyclic) bond motifs is 1. The van der Waals surface area contributed by atoms with Gasteiger partial charge in [-0.25, -0.2) is 0 Å². The third-order valence-corrected chi connectivity index (χ3v) is 4.99. The standard InChI is InChI=1S/C23H17ClO6/c1-29-16-9-17(25)22-18(26)11-20(30-21(22)10-16)13-7-14(23(28)19(27)8-13)5-12-3-2-4-15(24)6-12/h2-4,6-11,25,27-28H,5H2,1H3. The van der Waals surface area contributed by atoms with Crippen LogP contribution >= 0.6 is 11.6 Å². The first-order valence-corrected chi connectivity index (χ1v) is 9.38. The minimum Gasteiger partial charge on any atom is -0.507 e. The monoisotopic (exact) mass is 424 g/mol. The quantitative estimate of drug-likeness (QED) is 0.406. The van der Waals surface area contributed by atoms with E-state index >= 15 is 0 Å². The van der Waals surface area contributed by atoms with E-state index in [9.17, 15) is 20.1 Å². The summed E-state index contributed by atoms with van der Waals surface area (Å²) in [5, 5.41) is 31.2. The van der Waals surface area contributed by atoms with Crippen molar-refractivity contribution in [3.63, 3.8) is 0 Å².